The van der Waals surface area contributed by atoms with Crippen LogP contribution < -0.4 is 0 Å². The number of likely N-dealkylation sites (tertiary alicyclic amines) is 1. The minimum absolute atomic E-state index is 0.181. The van der Waals surface area contributed by atoms with Gasteiger partial charge in [0.15, 0.2) is 12.4 Å². The van der Waals surface area contributed by atoms with Crippen LogP contribution >= 0.6 is 0 Å². The van der Waals surface area contributed by atoms with E-state index in [9.17, 15) is 4.79 Å². The molecule has 0 saturated carbocycles. The number of piperidine rings is 1. The van der Waals surface area contributed by atoms with E-state index in [4.69, 9.17) is 14.6 Å². The number of rotatable bonds is 4. The van der Waals surface area contributed by atoms with Crippen molar-refractivity contribution in [2.75, 3.05) is 19.7 Å². The van der Waals surface area contributed by atoms with Crippen LogP contribution in [0.25, 0.3) is 0 Å². The molecular formula is C13H23NO4. The topological polar surface area (TPSA) is 59.0 Å². The van der Waals surface area contributed by atoms with Crippen molar-refractivity contribution in [3.8, 4) is 0 Å². The van der Waals surface area contributed by atoms with Crippen molar-refractivity contribution >= 4 is 5.97 Å². The Kier molecular flexibility index (Phi) is 4.59. The molecule has 0 spiro atoms. The third-order valence-electron chi connectivity index (χ3n) is 3.83. The largest absolute Gasteiger partial charge is 0.479 e. The highest BCUT2D eigenvalue weighted by atomic mass is 16.7. The highest BCUT2D eigenvalue weighted by Gasteiger charge is 2.34. The summed E-state index contributed by atoms with van der Waals surface area (Å²) in [6.07, 6.45) is 2.10. The van der Waals surface area contributed by atoms with E-state index in [-0.39, 0.29) is 12.9 Å². The Morgan fingerprint density at radius 3 is 2.89 bits per heavy atom. The third kappa shape index (κ3) is 3.43. The number of hydrogen-bond donors (Lipinski definition) is 1. The lowest BCUT2D eigenvalue weighted by Gasteiger charge is -2.36. The van der Waals surface area contributed by atoms with Crippen LogP contribution in [0.3, 0.4) is 0 Å². The van der Waals surface area contributed by atoms with E-state index in [1.807, 2.05) is 0 Å². The lowest BCUT2D eigenvalue weighted by atomic mass is 9.94. The summed E-state index contributed by atoms with van der Waals surface area (Å²) in [5, 5.41) is 8.84. The molecule has 2 aliphatic heterocycles. The minimum Gasteiger partial charge on any atom is -0.479 e. The predicted molar refractivity (Wildman–Crippen MR) is 66.3 cm³/mol. The van der Waals surface area contributed by atoms with E-state index >= 15 is 0 Å². The molecule has 104 valence electrons. The first kappa shape index (κ1) is 13.8. The van der Waals surface area contributed by atoms with Crippen LogP contribution in [-0.2, 0) is 14.3 Å². The second-order valence-corrected chi connectivity index (χ2v) is 5.56. The van der Waals surface area contributed by atoms with Gasteiger partial charge in [0, 0.05) is 19.0 Å². The molecule has 0 aromatic rings. The van der Waals surface area contributed by atoms with Crippen molar-refractivity contribution in [1.82, 2.24) is 4.90 Å². The Bertz CT molecular complexity index is 295. The molecule has 18 heavy (non-hydrogen) atoms. The first-order chi connectivity index (χ1) is 8.56. The summed E-state index contributed by atoms with van der Waals surface area (Å²) in [6.45, 7) is 6.84. The zero-order chi connectivity index (χ0) is 13.1. The molecule has 2 saturated heterocycles. The number of carboxylic acids is 1. The fourth-order valence-electron chi connectivity index (χ4n) is 2.74. The van der Waals surface area contributed by atoms with Crippen LogP contribution in [0, 0.1) is 5.92 Å². The molecular weight excluding hydrogens is 234 g/mol. The van der Waals surface area contributed by atoms with E-state index in [1.165, 1.54) is 12.8 Å². The minimum atomic E-state index is -0.926. The number of ether oxygens (including phenoxy) is 2. The fourth-order valence-corrected chi connectivity index (χ4v) is 2.74. The summed E-state index contributed by atoms with van der Waals surface area (Å²) < 4.78 is 10.8. The monoisotopic (exact) mass is 257 g/mol. The predicted octanol–water partition coefficient (Wildman–Crippen LogP) is 1.32. The van der Waals surface area contributed by atoms with Crippen molar-refractivity contribution < 1.29 is 19.4 Å². The Labute approximate surface area is 108 Å². The summed E-state index contributed by atoms with van der Waals surface area (Å²) in [6, 6.07) is 0.574. The van der Waals surface area contributed by atoms with E-state index in [0.717, 1.165) is 19.5 Å². The van der Waals surface area contributed by atoms with Gasteiger partial charge in [-0.25, -0.2) is 4.79 Å². The molecule has 0 radical (unpaired) electrons. The molecule has 0 bridgehead atoms. The Hall–Kier alpha value is -0.650. The van der Waals surface area contributed by atoms with E-state index in [1.54, 1.807) is 0 Å². The highest BCUT2D eigenvalue weighted by molar-refractivity contribution is 5.72. The zero-order valence-electron chi connectivity index (χ0n) is 11.2. The molecule has 0 amide bonds. The van der Waals surface area contributed by atoms with E-state index in [0.29, 0.717) is 12.0 Å². The van der Waals surface area contributed by atoms with Gasteiger partial charge in [-0.1, -0.05) is 0 Å². The normalized spacial score (nSPS) is 34.1. The van der Waals surface area contributed by atoms with Crippen LogP contribution in [0.4, 0.5) is 0 Å². The van der Waals surface area contributed by atoms with Crippen LogP contribution in [0.1, 0.15) is 33.1 Å². The van der Waals surface area contributed by atoms with E-state index < -0.39 is 12.1 Å². The van der Waals surface area contributed by atoms with Gasteiger partial charge >= 0.3 is 5.97 Å². The zero-order valence-corrected chi connectivity index (χ0v) is 11.2. The van der Waals surface area contributed by atoms with E-state index in [2.05, 4.69) is 18.7 Å². The van der Waals surface area contributed by atoms with Crippen molar-refractivity contribution in [1.29, 1.82) is 0 Å². The summed E-state index contributed by atoms with van der Waals surface area (Å²) in [4.78, 5) is 13.2. The van der Waals surface area contributed by atoms with Gasteiger partial charge in [0.2, 0.25) is 0 Å². The van der Waals surface area contributed by atoms with Gasteiger partial charge in [-0.05, 0) is 39.2 Å². The lowest BCUT2D eigenvalue weighted by Crippen LogP contribution is -2.41. The average molecular weight is 257 g/mol. The molecule has 2 rings (SSSR count). The molecule has 5 nitrogen and oxygen atoms in total. The number of aliphatic carboxylic acids is 1. The molecule has 2 fully saturated rings. The molecule has 2 heterocycles. The average Bonchev–Trinajstić information content (AvgIpc) is 2.78. The molecule has 0 aromatic heterocycles. The quantitative estimate of drug-likeness (QED) is 0.823. The highest BCUT2D eigenvalue weighted by Crippen LogP contribution is 2.26. The Balaban J connectivity index is 1.78. The van der Waals surface area contributed by atoms with Gasteiger partial charge in [-0.15, -0.1) is 0 Å². The number of hydrogen-bond acceptors (Lipinski definition) is 4. The molecule has 0 aromatic carbocycles. The van der Waals surface area contributed by atoms with Gasteiger partial charge in [0.1, 0.15) is 0 Å². The van der Waals surface area contributed by atoms with Gasteiger partial charge in [-0.2, -0.15) is 0 Å². The molecule has 1 N–H and O–H groups in total. The number of nitrogens with zero attached hydrogens (tertiary/aromatic N) is 1. The standard InChI is InChI=1S/C13H23NO4/c1-9(2)14-5-3-4-10(7-14)6-12-17-8-11(18-12)13(15)16/h9-12H,3-8H2,1-2H3,(H,15,16). The second kappa shape index (κ2) is 5.99. The Morgan fingerprint density at radius 2 is 2.28 bits per heavy atom. The van der Waals surface area contributed by atoms with Crippen molar-refractivity contribution in [2.45, 2.75) is 51.5 Å². The summed E-state index contributed by atoms with van der Waals surface area (Å²) in [5.41, 5.74) is 0. The van der Waals surface area contributed by atoms with Crippen LogP contribution in [0.15, 0.2) is 0 Å². The van der Waals surface area contributed by atoms with Crippen LogP contribution in [-0.4, -0.2) is 54.1 Å². The molecule has 5 heteroatoms. The van der Waals surface area contributed by atoms with Crippen molar-refractivity contribution in [3.63, 3.8) is 0 Å². The van der Waals surface area contributed by atoms with Gasteiger partial charge in [-0.3, -0.25) is 0 Å². The number of carboxylic acid groups (broad SMARTS) is 1. The van der Waals surface area contributed by atoms with Gasteiger partial charge < -0.3 is 19.5 Å². The first-order valence-electron chi connectivity index (χ1n) is 6.80. The van der Waals surface area contributed by atoms with Crippen LogP contribution in [0.5, 0.6) is 0 Å². The van der Waals surface area contributed by atoms with Gasteiger partial charge in [0.25, 0.3) is 0 Å². The molecule has 2 aliphatic rings. The summed E-state index contributed by atoms with van der Waals surface area (Å²) in [7, 11) is 0. The maximum atomic E-state index is 10.8. The molecule has 3 unspecified atom stereocenters. The second-order valence-electron chi connectivity index (χ2n) is 5.56. The summed E-state index contributed by atoms with van der Waals surface area (Å²) in [5.74, 6) is -0.372. The molecule has 0 aliphatic carbocycles. The molecule has 3 atom stereocenters. The van der Waals surface area contributed by atoms with Gasteiger partial charge in [0.05, 0.1) is 6.61 Å². The number of carbonyl (C=O) groups is 1. The smallest absolute Gasteiger partial charge is 0.335 e. The maximum Gasteiger partial charge on any atom is 0.335 e. The SMILES string of the molecule is CC(C)N1CCCC(CC2OCC(C(=O)O)O2)C1. The third-order valence-corrected chi connectivity index (χ3v) is 3.83. The maximum absolute atomic E-state index is 10.8. The fraction of sp³-hybridized carbons (Fsp3) is 0.923. The van der Waals surface area contributed by atoms with Crippen LogP contribution in [0.2, 0.25) is 0 Å². The van der Waals surface area contributed by atoms with Crippen molar-refractivity contribution in [3.05, 3.63) is 0 Å². The lowest BCUT2D eigenvalue weighted by molar-refractivity contribution is -0.151. The summed E-state index contributed by atoms with van der Waals surface area (Å²) >= 11 is 0. The first-order valence-corrected chi connectivity index (χ1v) is 6.80. The van der Waals surface area contributed by atoms with Crippen molar-refractivity contribution in [2.24, 2.45) is 5.92 Å². The Morgan fingerprint density at radius 1 is 1.50 bits per heavy atom.